The maximum Gasteiger partial charge on any atom is 0.323 e. The average molecular weight is 467 g/mol. The summed E-state index contributed by atoms with van der Waals surface area (Å²) in [4.78, 5) is 25.9. The second kappa shape index (κ2) is 7.66. The second-order valence-corrected chi connectivity index (χ2v) is 9.05. The molecule has 2 heterocycles. The number of H-pyrrole nitrogens is 2. The number of halogens is 1. The van der Waals surface area contributed by atoms with Gasteiger partial charge in [0.05, 0.1) is 27.0 Å². The van der Waals surface area contributed by atoms with Crippen LogP contribution in [0, 0.1) is 0 Å². The van der Waals surface area contributed by atoms with E-state index in [1.807, 2.05) is 6.07 Å². The summed E-state index contributed by atoms with van der Waals surface area (Å²) in [5, 5.41) is 3.52. The molecule has 3 aromatic carbocycles. The molecular weight excluding hydrogens is 452 g/mol. The molecule has 0 spiro atoms. The predicted molar refractivity (Wildman–Crippen MR) is 124 cm³/mol. The summed E-state index contributed by atoms with van der Waals surface area (Å²) in [6.45, 7) is 0. The van der Waals surface area contributed by atoms with E-state index in [-0.39, 0.29) is 22.2 Å². The number of para-hydroxylation sites is 2. The Labute approximate surface area is 186 Å². The van der Waals surface area contributed by atoms with Crippen molar-refractivity contribution in [1.29, 1.82) is 0 Å². The van der Waals surface area contributed by atoms with Gasteiger partial charge in [-0.05, 0) is 54.6 Å². The van der Waals surface area contributed by atoms with Gasteiger partial charge in [-0.1, -0.05) is 23.7 Å². The third-order valence-corrected chi connectivity index (χ3v) is 6.31. The Morgan fingerprint density at radius 3 is 2.19 bits per heavy atom. The molecule has 0 aliphatic heterocycles. The van der Waals surface area contributed by atoms with E-state index in [0.29, 0.717) is 32.8 Å². The van der Waals surface area contributed by atoms with Crippen LogP contribution >= 0.6 is 11.6 Å². The fourth-order valence-corrected chi connectivity index (χ4v) is 4.34. The minimum absolute atomic E-state index is 0.0290. The first-order valence-corrected chi connectivity index (χ1v) is 11.3. The molecule has 2 aromatic heterocycles. The Hall–Kier alpha value is -3.89. The summed E-state index contributed by atoms with van der Waals surface area (Å²) in [5.41, 5.74) is 2.62. The summed E-state index contributed by atoms with van der Waals surface area (Å²) in [5.74, 6) is 0.236. The number of rotatable bonds is 5. The van der Waals surface area contributed by atoms with Gasteiger partial charge < -0.3 is 15.3 Å². The third kappa shape index (κ3) is 3.88. The van der Waals surface area contributed by atoms with E-state index >= 15 is 0 Å². The Morgan fingerprint density at radius 2 is 1.47 bits per heavy atom. The van der Waals surface area contributed by atoms with Crippen LogP contribution in [0.15, 0.2) is 76.4 Å². The fourth-order valence-electron chi connectivity index (χ4n) is 3.21. The minimum Gasteiger partial charge on any atom is -0.337 e. The molecule has 0 saturated carbocycles. The van der Waals surface area contributed by atoms with E-state index in [4.69, 9.17) is 11.6 Å². The molecule has 4 N–H and O–H groups in total. The molecule has 9 nitrogen and oxygen atoms in total. The monoisotopic (exact) mass is 466 g/mol. The van der Waals surface area contributed by atoms with E-state index in [1.165, 1.54) is 24.3 Å². The van der Waals surface area contributed by atoms with Gasteiger partial charge in [0.15, 0.2) is 11.6 Å². The minimum atomic E-state index is -3.95. The van der Waals surface area contributed by atoms with Gasteiger partial charge >= 0.3 is 5.69 Å². The lowest BCUT2D eigenvalue weighted by molar-refractivity contribution is 0.601. The van der Waals surface area contributed by atoms with Crippen LogP contribution in [0.3, 0.4) is 0 Å². The molecule has 0 aliphatic rings. The summed E-state index contributed by atoms with van der Waals surface area (Å²) in [7, 11) is -3.95. The zero-order chi connectivity index (χ0) is 22.3. The number of fused-ring (bicyclic) bond motifs is 2. The molecule has 5 rings (SSSR count). The van der Waals surface area contributed by atoms with Crippen molar-refractivity contribution < 1.29 is 8.42 Å². The first kappa shape index (κ1) is 20.0. The Morgan fingerprint density at radius 1 is 0.812 bits per heavy atom. The van der Waals surface area contributed by atoms with Crippen molar-refractivity contribution in [2.24, 2.45) is 0 Å². The highest BCUT2D eigenvalue weighted by molar-refractivity contribution is 7.92. The number of nitrogens with one attached hydrogen (secondary N) is 4. The van der Waals surface area contributed by atoms with Crippen molar-refractivity contribution >= 4 is 61.0 Å². The zero-order valence-corrected chi connectivity index (χ0v) is 17.8. The van der Waals surface area contributed by atoms with Gasteiger partial charge in [-0.25, -0.2) is 23.2 Å². The van der Waals surface area contributed by atoms with Crippen LogP contribution < -0.4 is 15.7 Å². The number of aromatic amines is 2. The predicted octanol–water partition coefficient (Wildman–Crippen LogP) is 4.00. The van der Waals surface area contributed by atoms with Gasteiger partial charge in [0.2, 0.25) is 0 Å². The normalized spacial score (nSPS) is 11.7. The number of nitrogens with zero attached hydrogens (tertiary/aromatic N) is 2. The Balaban J connectivity index is 1.58. The molecule has 0 amide bonds. The third-order valence-electron chi connectivity index (χ3n) is 4.70. The van der Waals surface area contributed by atoms with Gasteiger partial charge in [0.25, 0.3) is 10.0 Å². The quantitative estimate of drug-likeness (QED) is 0.309. The highest BCUT2D eigenvalue weighted by Gasteiger charge is 2.19. The van der Waals surface area contributed by atoms with Crippen molar-refractivity contribution in [2.45, 2.75) is 4.90 Å². The average Bonchev–Trinajstić information content (AvgIpc) is 3.13. The van der Waals surface area contributed by atoms with Crippen LogP contribution in [-0.2, 0) is 10.0 Å². The molecule has 0 atom stereocenters. The van der Waals surface area contributed by atoms with Gasteiger partial charge in [0, 0.05) is 10.7 Å². The SMILES string of the molecule is O=c1[nH]c2ccc(Nc3nc4ccccc4nc3NS(=O)(=O)c3ccc(Cl)cc3)cc2[nH]1. The second-order valence-electron chi connectivity index (χ2n) is 6.93. The number of sulfonamides is 1. The lowest BCUT2D eigenvalue weighted by atomic mass is 10.2. The van der Waals surface area contributed by atoms with Crippen LogP contribution in [0.4, 0.5) is 17.3 Å². The lowest BCUT2D eigenvalue weighted by Crippen LogP contribution is -2.16. The molecule has 0 radical (unpaired) electrons. The highest BCUT2D eigenvalue weighted by atomic mass is 35.5. The van der Waals surface area contributed by atoms with Crippen molar-refractivity contribution in [2.75, 3.05) is 10.0 Å². The molecule has 0 aliphatic carbocycles. The van der Waals surface area contributed by atoms with Gasteiger partial charge in [-0.2, -0.15) is 0 Å². The van der Waals surface area contributed by atoms with E-state index < -0.39 is 10.0 Å². The van der Waals surface area contributed by atoms with Crippen molar-refractivity contribution in [3.05, 3.63) is 82.2 Å². The zero-order valence-electron chi connectivity index (χ0n) is 16.3. The van der Waals surface area contributed by atoms with Gasteiger partial charge in [-0.15, -0.1) is 0 Å². The summed E-state index contributed by atoms with van der Waals surface area (Å²) >= 11 is 5.87. The summed E-state index contributed by atoms with van der Waals surface area (Å²) in [6.07, 6.45) is 0. The molecule has 11 heteroatoms. The first-order valence-electron chi connectivity index (χ1n) is 9.42. The van der Waals surface area contributed by atoms with Crippen molar-refractivity contribution in [1.82, 2.24) is 19.9 Å². The summed E-state index contributed by atoms with van der Waals surface area (Å²) < 4.78 is 28.4. The standard InChI is InChI=1S/C21H15ClN6O3S/c22-12-5-8-14(9-6-12)32(30,31)28-20-19(24-15-3-1-2-4-16(15)25-20)23-13-7-10-17-18(11-13)27-21(29)26-17/h1-11H,(H,23,24)(H,25,28)(H2,26,27,29). The Kier molecular flexibility index (Phi) is 4.80. The van der Waals surface area contributed by atoms with E-state index in [1.54, 1.807) is 36.4 Å². The largest absolute Gasteiger partial charge is 0.337 e. The Bertz CT molecular complexity index is 1630. The van der Waals surface area contributed by atoms with Crippen LogP contribution in [0.5, 0.6) is 0 Å². The number of aromatic nitrogens is 4. The van der Waals surface area contributed by atoms with E-state index in [0.717, 1.165) is 0 Å². The number of benzene rings is 3. The number of anilines is 3. The number of imidazole rings is 1. The van der Waals surface area contributed by atoms with Crippen molar-refractivity contribution in [3.63, 3.8) is 0 Å². The highest BCUT2D eigenvalue weighted by Crippen LogP contribution is 2.28. The molecule has 0 bridgehead atoms. The topological polar surface area (TPSA) is 133 Å². The smallest absolute Gasteiger partial charge is 0.323 e. The molecule has 160 valence electrons. The lowest BCUT2D eigenvalue weighted by Gasteiger charge is -2.14. The van der Waals surface area contributed by atoms with Crippen molar-refractivity contribution in [3.8, 4) is 0 Å². The summed E-state index contributed by atoms with van der Waals surface area (Å²) in [6, 6.07) is 18.1. The molecule has 0 unspecified atom stereocenters. The van der Waals surface area contributed by atoms with E-state index in [2.05, 4.69) is 30.0 Å². The molecule has 5 aromatic rings. The van der Waals surface area contributed by atoms with Crippen LogP contribution in [-0.4, -0.2) is 28.4 Å². The number of hydrogen-bond acceptors (Lipinski definition) is 6. The molecule has 0 fully saturated rings. The first-order chi connectivity index (χ1) is 15.4. The van der Waals surface area contributed by atoms with Crippen LogP contribution in [0.1, 0.15) is 0 Å². The van der Waals surface area contributed by atoms with Gasteiger partial charge in [0.1, 0.15) is 0 Å². The maximum atomic E-state index is 12.9. The fraction of sp³-hybridized carbons (Fsp3) is 0. The van der Waals surface area contributed by atoms with Crippen LogP contribution in [0.2, 0.25) is 5.02 Å². The molecular formula is C21H15ClN6O3S. The van der Waals surface area contributed by atoms with E-state index in [9.17, 15) is 13.2 Å². The number of hydrogen-bond donors (Lipinski definition) is 4. The van der Waals surface area contributed by atoms with Crippen LogP contribution in [0.25, 0.3) is 22.1 Å². The van der Waals surface area contributed by atoms with Gasteiger partial charge in [-0.3, -0.25) is 4.72 Å². The molecule has 32 heavy (non-hydrogen) atoms. The maximum absolute atomic E-state index is 12.9. The molecule has 0 saturated heterocycles.